The van der Waals surface area contributed by atoms with Gasteiger partial charge in [0.15, 0.2) is 0 Å². The molecule has 2 unspecified atom stereocenters. The van der Waals surface area contributed by atoms with Crippen LogP contribution in [-0.2, 0) is 0 Å². The van der Waals surface area contributed by atoms with Crippen LogP contribution in [0.3, 0.4) is 0 Å². The Morgan fingerprint density at radius 1 is 1.38 bits per heavy atom. The van der Waals surface area contributed by atoms with Crippen LogP contribution in [0.5, 0.6) is 0 Å². The molecule has 1 rings (SSSR count). The Labute approximate surface area is 90.3 Å². The maximum absolute atomic E-state index is 2.37. The van der Waals surface area contributed by atoms with Gasteiger partial charge in [0.1, 0.15) is 0 Å². The summed E-state index contributed by atoms with van der Waals surface area (Å²) in [5, 5.41) is 3.20. The van der Waals surface area contributed by atoms with Gasteiger partial charge >= 0.3 is 0 Å². The standard InChI is InChI=1S/C11H20S2/c1-5-9-7-12-13-11(8(3)4)10(9)6-2/h7-8,10-11H,5-6H2,1-4H3. The van der Waals surface area contributed by atoms with Gasteiger partial charge < -0.3 is 0 Å². The monoisotopic (exact) mass is 216 g/mol. The molecule has 2 heteroatoms. The van der Waals surface area contributed by atoms with Gasteiger partial charge in [0.05, 0.1) is 0 Å². The topological polar surface area (TPSA) is 0 Å². The summed E-state index contributed by atoms with van der Waals surface area (Å²) >= 11 is 0. The molecular formula is C11H20S2. The van der Waals surface area contributed by atoms with Gasteiger partial charge in [-0.1, -0.05) is 54.9 Å². The lowest BCUT2D eigenvalue weighted by molar-refractivity contribution is 0.458. The van der Waals surface area contributed by atoms with Gasteiger partial charge in [-0.15, -0.1) is 0 Å². The number of hydrogen-bond acceptors (Lipinski definition) is 2. The molecule has 0 radical (unpaired) electrons. The first-order valence-corrected chi connectivity index (χ1v) is 7.49. The van der Waals surface area contributed by atoms with Gasteiger partial charge in [-0.3, -0.25) is 0 Å². The summed E-state index contributed by atoms with van der Waals surface area (Å²) in [7, 11) is 4.00. The fraction of sp³-hybridized carbons (Fsp3) is 0.818. The predicted octanol–water partition coefficient (Wildman–Crippen LogP) is 4.73. The van der Waals surface area contributed by atoms with Crippen molar-refractivity contribution in [3.05, 3.63) is 11.0 Å². The van der Waals surface area contributed by atoms with Crippen molar-refractivity contribution in [2.75, 3.05) is 0 Å². The zero-order valence-electron chi connectivity index (χ0n) is 9.04. The molecule has 0 aromatic rings. The van der Waals surface area contributed by atoms with Gasteiger partial charge in [0.2, 0.25) is 0 Å². The molecule has 0 saturated heterocycles. The van der Waals surface area contributed by atoms with E-state index < -0.39 is 0 Å². The normalized spacial score (nSPS) is 29.2. The molecule has 13 heavy (non-hydrogen) atoms. The van der Waals surface area contributed by atoms with Crippen LogP contribution in [0.15, 0.2) is 11.0 Å². The summed E-state index contributed by atoms with van der Waals surface area (Å²) in [6.45, 7) is 9.29. The molecule has 0 N–H and O–H groups in total. The second-order valence-electron chi connectivity index (χ2n) is 3.96. The third-order valence-electron chi connectivity index (χ3n) is 2.74. The first-order chi connectivity index (χ1) is 6.20. The Bertz CT molecular complexity index is 185. The molecule has 0 aromatic heterocycles. The first-order valence-electron chi connectivity index (χ1n) is 5.21. The molecule has 0 aliphatic carbocycles. The molecule has 0 spiro atoms. The van der Waals surface area contributed by atoms with Crippen LogP contribution in [-0.4, -0.2) is 5.25 Å². The first kappa shape index (κ1) is 11.5. The lowest BCUT2D eigenvalue weighted by Gasteiger charge is -2.33. The minimum atomic E-state index is 0.803. The summed E-state index contributed by atoms with van der Waals surface area (Å²) in [6.07, 6.45) is 2.53. The molecule has 76 valence electrons. The van der Waals surface area contributed by atoms with Crippen LogP contribution in [0.25, 0.3) is 0 Å². The molecule has 0 fully saturated rings. The minimum absolute atomic E-state index is 0.803. The highest BCUT2D eigenvalue weighted by Gasteiger charge is 2.28. The summed E-state index contributed by atoms with van der Waals surface area (Å²) in [4.78, 5) is 0. The minimum Gasteiger partial charge on any atom is -0.0852 e. The van der Waals surface area contributed by atoms with E-state index in [1.54, 1.807) is 5.57 Å². The molecule has 0 amide bonds. The van der Waals surface area contributed by atoms with Crippen molar-refractivity contribution >= 4 is 21.6 Å². The lowest BCUT2D eigenvalue weighted by atomic mass is 9.87. The van der Waals surface area contributed by atoms with E-state index >= 15 is 0 Å². The summed E-state index contributed by atoms with van der Waals surface area (Å²) in [6, 6.07) is 0. The van der Waals surface area contributed by atoms with Crippen LogP contribution in [0, 0.1) is 11.8 Å². The highest BCUT2D eigenvalue weighted by Crippen LogP contribution is 2.46. The van der Waals surface area contributed by atoms with Gasteiger partial charge in [-0.25, -0.2) is 0 Å². The van der Waals surface area contributed by atoms with Crippen molar-refractivity contribution in [2.24, 2.45) is 11.8 Å². The predicted molar refractivity (Wildman–Crippen MR) is 66.0 cm³/mol. The largest absolute Gasteiger partial charge is 0.0852 e. The van der Waals surface area contributed by atoms with Crippen LogP contribution in [0.4, 0.5) is 0 Å². The summed E-state index contributed by atoms with van der Waals surface area (Å²) in [5.74, 6) is 1.63. The fourth-order valence-electron chi connectivity index (χ4n) is 1.93. The van der Waals surface area contributed by atoms with E-state index in [0.29, 0.717) is 0 Å². The fourth-order valence-corrected chi connectivity index (χ4v) is 5.30. The SMILES string of the molecule is CCC1=CSSC(C(C)C)C1CC. The molecule has 2 atom stereocenters. The van der Waals surface area contributed by atoms with E-state index in [1.807, 2.05) is 10.8 Å². The van der Waals surface area contributed by atoms with E-state index in [2.05, 4.69) is 43.9 Å². The average molecular weight is 216 g/mol. The number of allylic oxidation sites excluding steroid dienone is 1. The number of rotatable bonds is 3. The molecule has 1 aliphatic rings. The van der Waals surface area contributed by atoms with Crippen molar-refractivity contribution < 1.29 is 0 Å². The van der Waals surface area contributed by atoms with E-state index in [9.17, 15) is 0 Å². The van der Waals surface area contributed by atoms with Crippen molar-refractivity contribution in [1.82, 2.24) is 0 Å². The molecule has 0 nitrogen and oxygen atoms in total. The third-order valence-corrected chi connectivity index (χ3v) is 5.64. The van der Waals surface area contributed by atoms with Crippen LogP contribution in [0.2, 0.25) is 0 Å². The van der Waals surface area contributed by atoms with Crippen molar-refractivity contribution in [1.29, 1.82) is 0 Å². The average Bonchev–Trinajstić information content (AvgIpc) is 2.16. The summed E-state index contributed by atoms with van der Waals surface area (Å²) in [5.41, 5.74) is 1.67. The lowest BCUT2D eigenvalue weighted by Crippen LogP contribution is -2.25. The van der Waals surface area contributed by atoms with Crippen LogP contribution < -0.4 is 0 Å². The van der Waals surface area contributed by atoms with Gasteiger partial charge in [0.25, 0.3) is 0 Å². The van der Waals surface area contributed by atoms with Gasteiger partial charge in [-0.05, 0) is 30.1 Å². The Morgan fingerprint density at radius 3 is 2.54 bits per heavy atom. The zero-order valence-corrected chi connectivity index (χ0v) is 10.7. The van der Waals surface area contributed by atoms with E-state index in [1.165, 1.54) is 12.8 Å². The van der Waals surface area contributed by atoms with E-state index in [-0.39, 0.29) is 0 Å². The highest BCUT2D eigenvalue weighted by molar-refractivity contribution is 8.78. The van der Waals surface area contributed by atoms with Gasteiger partial charge in [-0.2, -0.15) is 0 Å². The molecule has 0 saturated carbocycles. The maximum atomic E-state index is 2.37. The third kappa shape index (κ3) is 2.69. The van der Waals surface area contributed by atoms with Gasteiger partial charge in [0, 0.05) is 5.25 Å². The Morgan fingerprint density at radius 2 is 2.08 bits per heavy atom. The highest BCUT2D eigenvalue weighted by atomic mass is 33.1. The van der Waals surface area contributed by atoms with E-state index in [4.69, 9.17) is 0 Å². The van der Waals surface area contributed by atoms with Crippen LogP contribution in [0.1, 0.15) is 40.5 Å². The molecule has 0 aromatic carbocycles. The summed E-state index contributed by atoms with van der Waals surface area (Å²) < 4.78 is 0. The van der Waals surface area contributed by atoms with Crippen molar-refractivity contribution in [3.8, 4) is 0 Å². The molecule has 1 heterocycles. The van der Waals surface area contributed by atoms with Crippen molar-refractivity contribution in [2.45, 2.75) is 45.8 Å². The smallest absolute Gasteiger partial charge is 0.0243 e. The Balaban J connectivity index is 2.73. The molecule has 1 aliphatic heterocycles. The van der Waals surface area contributed by atoms with Crippen LogP contribution >= 0.6 is 21.6 Å². The quantitative estimate of drug-likeness (QED) is 0.626. The van der Waals surface area contributed by atoms with E-state index in [0.717, 1.165) is 17.1 Å². The van der Waals surface area contributed by atoms with Crippen molar-refractivity contribution in [3.63, 3.8) is 0 Å². The number of hydrogen-bond donors (Lipinski definition) is 0. The Kier molecular flexibility index (Phi) is 4.74. The zero-order chi connectivity index (χ0) is 9.84. The second-order valence-corrected chi connectivity index (χ2v) is 6.28. The second kappa shape index (κ2) is 5.35. The Hall–Kier alpha value is 0.440. The molecule has 0 bridgehead atoms. The maximum Gasteiger partial charge on any atom is 0.0243 e. The molecular weight excluding hydrogens is 196 g/mol.